The number of rotatable bonds is 4. The van der Waals surface area contributed by atoms with E-state index in [2.05, 4.69) is 4.74 Å². The van der Waals surface area contributed by atoms with E-state index in [1.54, 1.807) is 0 Å². The van der Waals surface area contributed by atoms with Gasteiger partial charge in [-0.1, -0.05) is 0 Å². The van der Waals surface area contributed by atoms with Crippen LogP contribution in [0.3, 0.4) is 0 Å². The van der Waals surface area contributed by atoms with Gasteiger partial charge in [-0.2, -0.15) is 0 Å². The Kier molecular flexibility index (Phi) is 4.21. The fraction of sp³-hybridized carbons (Fsp3) is 0.667. The van der Waals surface area contributed by atoms with Gasteiger partial charge in [-0.3, -0.25) is 14.5 Å². The molecule has 11 heavy (non-hydrogen) atoms. The van der Waals surface area contributed by atoms with Gasteiger partial charge in [-0.05, 0) is 7.05 Å². The van der Waals surface area contributed by atoms with Crippen molar-refractivity contribution in [2.24, 2.45) is 0 Å². The quantitative estimate of drug-likeness (QED) is 0.545. The van der Waals surface area contributed by atoms with E-state index in [0.29, 0.717) is 0 Å². The monoisotopic (exact) mass is 161 g/mol. The van der Waals surface area contributed by atoms with Gasteiger partial charge in [0.15, 0.2) is 0 Å². The summed E-state index contributed by atoms with van der Waals surface area (Å²) in [6.45, 7) is -0.155. The number of hydrogen-bond acceptors (Lipinski definition) is 4. The third-order valence-electron chi connectivity index (χ3n) is 1.03. The van der Waals surface area contributed by atoms with Crippen LogP contribution in [0.4, 0.5) is 0 Å². The highest BCUT2D eigenvalue weighted by atomic mass is 16.5. The van der Waals surface area contributed by atoms with Crippen LogP contribution < -0.4 is 0 Å². The molecule has 0 amide bonds. The third-order valence-corrected chi connectivity index (χ3v) is 1.03. The summed E-state index contributed by atoms with van der Waals surface area (Å²) >= 11 is 0. The fourth-order valence-electron chi connectivity index (χ4n) is 0.572. The highest BCUT2D eigenvalue weighted by molar-refractivity contribution is 5.73. The minimum atomic E-state index is -0.962. The maximum absolute atomic E-state index is 10.5. The molecular formula is C6H11NO4. The molecule has 5 nitrogen and oxygen atoms in total. The Hall–Kier alpha value is -1.10. The van der Waals surface area contributed by atoms with Crippen LogP contribution >= 0.6 is 0 Å². The van der Waals surface area contributed by atoms with E-state index in [4.69, 9.17) is 5.11 Å². The number of esters is 1. The van der Waals surface area contributed by atoms with Gasteiger partial charge in [0.05, 0.1) is 20.2 Å². The number of methoxy groups -OCH3 is 1. The largest absolute Gasteiger partial charge is 0.480 e. The van der Waals surface area contributed by atoms with E-state index >= 15 is 0 Å². The smallest absolute Gasteiger partial charge is 0.319 e. The summed E-state index contributed by atoms with van der Waals surface area (Å²) in [6.07, 6.45) is 0. The minimum Gasteiger partial charge on any atom is -0.480 e. The highest BCUT2D eigenvalue weighted by Gasteiger charge is 2.08. The van der Waals surface area contributed by atoms with Crippen molar-refractivity contribution in [2.75, 3.05) is 27.2 Å². The Morgan fingerprint density at radius 1 is 1.45 bits per heavy atom. The Labute approximate surface area is 64.6 Å². The third kappa shape index (κ3) is 5.35. The summed E-state index contributed by atoms with van der Waals surface area (Å²) in [5.41, 5.74) is 0. The molecule has 64 valence electrons. The van der Waals surface area contributed by atoms with E-state index in [0.717, 1.165) is 0 Å². The van der Waals surface area contributed by atoms with E-state index in [1.807, 2.05) is 0 Å². The first-order valence-electron chi connectivity index (χ1n) is 3.03. The van der Waals surface area contributed by atoms with E-state index in [-0.39, 0.29) is 13.1 Å². The van der Waals surface area contributed by atoms with Crippen molar-refractivity contribution in [3.05, 3.63) is 0 Å². The molecule has 0 aromatic heterocycles. The zero-order valence-electron chi connectivity index (χ0n) is 6.53. The van der Waals surface area contributed by atoms with E-state index in [1.165, 1.54) is 19.1 Å². The SMILES string of the molecule is COC(=O)CN(C)CC(=O)O. The molecule has 0 aliphatic carbocycles. The zero-order valence-corrected chi connectivity index (χ0v) is 6.53. The molecule has 0 aliphatic rings. The number of carboxylic acid groups (broad SMARTS) is 1. The molecule has 0 aliphatic heterocycles. The molecule has 0 heterocycles. The van der Waals surface area contributed by atoms with Gasteiger partial charge in [0.2, 0.25) is 0 Å². The number of carboxylic acids is 1. The van der Waals surface area contributed by atoms with Gasteiger partial charge in [0.1, 0.15) is 0 Å². The number of nitrogens with zero attached hydrogens (tertiary/aromatic N) is 1. The van der Waals surface area contributed by atoms with Crippen molar-refractivity contribution in [1.82, 2.24) is 4.90 Å². The molecule has 1 N–H and O–H groups in total. The maximum atomic E-state index is 10.5. The molecule has 0 radical (unpaired) electrons. The fourth-order valence-corrected chi connectivity index (χ4v) is 0.572. The number of likely N-dealkylation sites (N-methyl/N-ethyl adjacent to an activating group) is 1. The first kappa shape index (κ1) is 9.90. The number of ether oxygens (including phenoxy) is 1. The van der Waals surface area contributed by atoms with Crippen molar-refractivity contribution in [3.8, 4) is 0 Å². The zero-order chi connectivity index (χ0) is 8.85. The standard InChI is InChI=1S/C6H11NO4/c1-7(3-5(8)9)4-6(10)11-2/h3-4H2,1-2H3,(H,8,9). The summed E-state index contributed by atoms with van der Waals surface area (Å²) in [5, 5.41) is 8.28. The molecule has 0 fully saturated rings. The van der Waals surface area contributed by atoms with Crippen LogP contribution in [0.15, 0.2) is 0 Å². The molecule has 0 aromatic carbocycles. The maximum Gasteiger partial charge on any atom is 0.319 e. The molecule has 0 bridgehead atoms. The van der Waals surface area contributed by atoms with Gasteiger partial charge >= 0.3 is 11.9 Å². The lowest BCUT2D eigenvalue weighted by atomic mass is 10.5. The first-order chi connectivity index (χ1) is 5.06. The molecule has 5 heteroatoms. The predicted octanol–water partition coefficient (Wildman–Crippen LogP) is -0.824. The Bertz CT molecular complexity index is 157. The Balaban J connectivity index is 3.60. The lowest BCUT2D eigenvalue weighted by Gasteiger charge is -2.10. The second kappa shape index (κ2) is 4.68. The molecule has 0 saturated carbocycles. The summed E-state index contributed by atoms with van der Waals surface area (Å²) < 4.78 is 4.33. The van der Waals surface area contributed by atoms with Crippen molar-refractivity contribution in [1.29, 1.82) is 0 Å². The topological polar surface area (TPSA) is 66.8 Å². The lowest BCUT2D eigenvalue weighted by Crippen LogP contribution is -2.31. The van der Waals surface area contributed by atoms with Gasteiger partial charge in [-0.15, -0.1) is 0 Å². The summed E-state index contributed by atoms with van der Waals surface area (Å²) in [7, 11) is 2.79. The van der Waals surface area contributed by atoms with Gasteiger partial charge < -0.3 is 9.84 Å². The van der Waals surface area contributed by atoms with Crippen molar-refractivity contribution in [3.63, 3.8) is 0 Å². The number of carbonyl (C=O) groups is 2. The number of hydrogen-bond donors (Lipinski definition) is 1. The predicted molar refractivity (Wildman–Crippen MR) is 37.1 cm³/mol. The van der Waals surface area contributed by atoms with Crippen LogP contribution in [0.1, 0.15) is 0 Å². The van der Waals surface area contributed by atoms with E-state index < -0.39 is 11.9 Å². The second-order valence-corrected chi connectivity index (χ2v) is 2.14. The molecule has 0 saturated heterocycles. The summed E-state index contributed by atoms with van der Waals surface area (Å²) in [4.78, 5) is 22.0. The van der Waals surface area contributed by atoms with Gasteiger partial charge in [0, 0.05) is 0 Å². The summed E-state index contributed by atoms with van der Waals surface area (Å²) in [5.74, 6) is -1.40. The Morgan fingerprint density at radius 2 is 2.00 bits per heavy atom. The average molecular weight is 161 g/mol. The highest BCUT2D eigenvalue weighted by Crippen LogP contribution is 1.83. The first-order valence-corrected chi connectivity index (χ1v) is 3.03. The Morgan fingerprint density at radius 3 is 2.36 bits per heavy atom. The molecule has 0 rings (SSSR count). The van der Waals surface area contributed by atoms with Crippen LogP contribution in [-0.4, -0.2) is 49.2 Å². The van der Waals surface area contributed by atoms with Crippen LogP contribution in [0.5, 0.6) is 0 Å². The second-order valence-electron chi connectivity index (χ2n) is 2.14. The lowest BCUT2D eigenvalue weighted by molar-refractivity contribution is -0.143. The average Bonchev–Trinajstić information content (AvgIpc) is 1.85. The van der Waals surface area contributed by atoms with Crippen LogP contribution in [0, 0.1) is 0 Å². The van der Waals surface area contributed by atoms with Crippen LogP contribution in [-0.2, 0) is 14.3 Å². The molecule has 0 aromatic rings. The van der Waals surface area contributed by atoms with Crippen molar-refractivity contribution in [2.45, 2.75) is 0 Å². The van der Waals surface area contributed by atoms with Gasteiger partial charge in [-0.25, -0.2) is 0 Å². The van der Waals surface area contributed by atoms with Crippen LogP contribution in [0.25, 0.3) is 0 Å². The molecular weight excluding hydrogens is 150 g/mol. The number of aliphatic carboxylic acids is 1. The minimum absolute atomic E-state index is 0.00278. The number of carbonyl (C=O) groups excluding carboxylic acids is 1. The van der Waals surface area contributed by atoms with Crippen molar-refractivity contribution >= 4 is 11.9 Å². The molecule has 0 spiro atoms. The van der Waals surface area contributed by atoms with E-state index in [9.17, 15) is 9.59 Å². The van der Waals surface area contributed by atoms with Crippen LogP contribution in [0.2, 0.25) is 0 Å². The normalized spacial score (nSPS) is 9.73. The van der Waals surface area contributed by atoms with Crippen molar-refractivity contribution < 1.29 is 19.4 Å². The summed E-state index contributed by atoms with van der Waals surface area (Å²) in [6, 6.07) is 0. The van der Waals surface area contributed by atoms with Gasteiger partial charge in [0.25, 0.3) is 0 Å². The molecule has 0 atom stereocenters. The molecule has 0 unspecified atom stereocenters.